The zero-order chi connectivity index (χ0) is 22.5. The second-order valence-electron chi connectivity index (χ2n) is 6.78. The molecule has 0 saturated carbocycles. The number of nitrogens with two attached hydrogens (primary N) is 1. The molecule has 1 amide bonds. The van der Waals surface area contributed by atoms with E-state index < -0.39 is 17.9 Å². The van der Waals surface area contributed by atoms with Crippen molar-refractivity contribution in [2.45, 2.75) is 25.9 Å². The molecule has 2 heterocycles. The van der Waals surface area contributed by atoms with Gasteiger partial charge in [-0.05, 0) is 24.1 Å². The summed E-state index contributed by atoms with van der Waals surface area (Å²) in [5.41, 5.74) is 7.49. The van der Waals surface area contributed by atoms with E-state index in [1.807, 2.05) is 0 Å². The topological polar surface area (TPSA) is 125 Å². The van der Waals surface area contributed by atoms with Crippen LogP contribution in [0.2, 0.25) is 0 Å². The van der Waals surface area contributed by atoms with Crippen LogP contribution >= 0.6 is 11.3 Å². The molecule has 1 fully saturated rings. The Bertz CT molecular complexity index is 1010. The minimum absolute atomic E-state index is 0.0136. The summed E-state index contributed by atoms with van der Waals surface area (Å²) >= 11 is 0.866. The Morgan fingerprint density at radius 3 is 2.35 bits per heavy atom. The largest absolute Gasteiger partial charge is 0.465 e. The lowest BCUT2D eigenvalue weighted by Crippen LogP contribution is -2.23. The second-order valence-corrected chi connectivity index (χ2v) is 7.84. The standard InChI is InChI=1S/C21H22N2O7S/c1-28-20(26)17-14(18(21(27)29-2)31-19(17)22)11-30-16(25)10-12-5-7-13(8-6-12)23-9-3-4-15(23)24/h5-8H,3-4,9-11,22H2,1-2H3. The quantitative estimate of drug-likeness (QED) is 0.507. The molecule has 10 heteroatoms. The predicted molar refractivity (Wildman–Crippen MR) is 113 cm³/mol. The maximum Gasteiger partial charge on any atom is 0.348 e. The van der Waals surface area contributed by atoms with Gasteiger partial charge in [0.05, 0.1) is 20.6 Å². The second kappa shape index (κ2) is 9.61. The van der Waals surface area contributed by atoms with Crippen molar-refractivity contribution in [2.75, 3.05) is 31.4 Å². The van der Waals surface area contributed by atoms with E-state index in [0.29, 0.717) is 18.5 Å². The first-order valence-corrected chi connectivity index (χ1v) is 10.3. The molecule has 0 unspecified atom stereocenters. The number of nitrogen functional groups attached to an aromatic ring is 1. The van der Waals surface area contributed by atoms with Crippen molar-refractivity contribution in [3.8, 4) is 0 Å². The molecule has 1 saturated heterocycles. The van der Waals surface area contributed by atoms with Gasteiger partial charge in [-0.25, -0.2) is 9.59 Å². The lowest BCUT2D eigenvalue weighted by atomic mass is 10.1. The van der Waals surface area contributed by atoms with Crippen molar-refractivity contribution in [3.05, 3.63) is 45.8 Å². The number of ether oxygens (including phenoxy) is 3. The molecule has 2 N–H and O–H groups in total. The molecule has 1 aliphatic rings. The number of anilines is 2. The molecule has 9 nitrogen and oxygen atoms in total. The molecule has 3 rings (SSSR count). The van der Waals surface area contributed by atoms with E-state index in [-0.39, 0.29) is 39.9 Å². The van der Waals surface area contributed by atoms with Gasteiger partial charge in [-0.15, -0.1) is 11.3 Å². The highest BCUT2D eigenvalue weighted by atomic mass is 32.1. The Balaban J connectivity index is 1.68. The minimum atomic E-state index is -0.734. The summed E-state index contributed by atoms with van der Waals surface area (Å²) in [6.07, 6.45) is 1.36. The van der Waals surface area contributed by atoms with Gasteiger partial charge < -0.3 is 24.8 Å². The summed E-state index contributed by atoms with van der Waals surface area (Å²) in [5.74, 6) is -1.89. The molecule has 0 bridgehead atoms. The molecular weight excluding hydrogens is 424 g/mol. The van der Waals surface area contributed by atoms with Crippen molar-refractivity contribution in [1.82, 2.24) is 0 Å². The van der Waals surface area contributed by atoms with E-state index in [2.05, 4.69) is 0 Å². The smallest absolute Gasteiger partial charge is 0.348 e. The number of amides is 1. The first kappa shape index (κ1) is 22.3. The summed E-state index contributed by atoms with van der Waals surface area (Å²) in [5, 5.41) is 0.0744. The van der Waals surface area contributed by atoms with Crippen LogP contribution in [0.3, 0.4) is 0 Å². The van der Waals surface area contributed by atoms with Gasteiger partial charge in [0.15, 0.2) is 0 Å². The van der Waals surface area contributed by atoms with Crippen molar-refractivity contribution in [2.24, 2.45) is 0 Å². The molecule has 1 aromatic carbocycles. The van der Waals surface area contributed by atoms with Crippen molar-refractivity contribution < 1.29 is 33.4 Å². The molecule has 0 atom stereocenters. The monoisotopic (exact) mass is 446 g/mol. The lowest BCUT2D eigenvalue weighted by Gasteiger charge is -2.15. The molecule has 2 aromatic rings. The zero-order valence-corrected chi connectivity index (χ0v) is 18.0. The Morgan fingerprint density at radius 2 is 1.77 bits per heavy atom. The van der Waals surface area contributed by atoms with E-state index in [0.717, 1.165) is 23.4 Å². The lowest BCUT2D eigenvalue weighted by molar-refractivity contribution is -0.144. The summed E-state index contributed by atoms with van der Waals surface area (Å²) < 4.78 is 14.7. The van der Waals surface area contributed by atoms with Gasteiger partial charge in [0.1, 0.15) is 22.0 Å². The first-order chi connectivity index (χ1) is 14.8. The fraction of sp³-hybridized carbons (Fsp3) is 0.333. The van der Waals surface area contributed by atoms with Crippen LogP contribution in [0.5, 0.6) is 0 Å². The fourth-order valence-corrected chi connectivity index (χ4v) is 4.27. The summed E-state index contributed by atoms with van der Waals surface area (Å²) in [4.78, 5) is 50.0. The molecule has 31 heavy (non-hydrogen) atoms. The molecule has 1 aromatic heterocycles. The van der Waals surface area contributed by atoms with E-state index in [4.69, 9.17) is 19.9 Å². The van der Waals surface area contributed by atoms with Crippen LogP contribution in [0.1, 0.15) is 44.0 Å². The number of benzene rings is 1. The van der Waals surface area contributed by atoms with Crippen molar-refractivity contribution >= 4 is 45.8 Å². The Labute approximate surface area is 182 Å². The number of thiophene rings is 1. The number of carbonyl (C=O) groups is 4. The van der Waals surface area contributed by atoms with Crippen LogP contribution in [-0.2, 0) is 36.8 Å². The number of methoxy groups -OCH3 is 2. The Morgan fingerprint density at radius 1 is 1.10 bits per heavy atom. The van der Waals surface area contributed by atoms with Crippen molar-refractivity contribution in [3.63, 3.8) is 0 Å². The molecular formula is C21H22N2O7S. The summed E-state index contributed by atoms with van der Waals surface area (Å²) in [6.45, 7) is 0.358. The maximum atomic E-state index is 12.3. The van der Waals surface area contributed by atoms with Gasteiger partial charge in [-0.3, -0.25) is 9.59 Å². The minimum Gasteiger partial charge on any atom is -0.465 e. The average molecular weight is 446 g/mol. The number of esters is 3. The zero-order valence-electron chi connectivity index (χ0n) is 17.1. The number of hydrogen-bond acceptors (Lipinski definition) is 9. The van der Waals surface area contributed by atoms with E-state index >= 15 is 0 Å². The van der Waals surface area contributed by atoms with Gasteiger partial charge in [-0.1, -0.05) is 12.1 Å². The van der Waals surface area contributed by atoms with Crippen LogP contribution in [0.25, 0.3) is 0 Å². The van der Waals surface area contributed by atoms with Gasteiger partial charge in [-0.2, -0.15) is 0 Å². The molecule has 1 aliphatic heterocycles. The van der Waals surface area contributed by atoms with E-state index in [9.17, 15) is 19.2 Å². The van der Waals surface area contributed by atoms with Gasteiger partial charge in [0.2, 0.25) is 5.91 Å². The summed E-state index contributed by atoms with van der Waals surface area (Å²) in [7, 11) is 2.39. The van der Waals surface area contributed by atoms with Crippen molar-refractivity contribution in [1.29, 1.82) is 0 Å². The van der Waals surface area contributed by atoms with Crippen LogP contribution < -0.4 is 10.6 Å². The van der Waals surface area contributed by atoms with Gasteiger partial charge in [0, 0.05) is 24.2 Å². The van der Waals surface area contributed by atoms with Crippen LogP contribution in [0, 0.1) is 0 Å². The predicted octanol–water partition coefficient (Wildman–Crippen LogP) is 2.32. The van der Waals surface area contributed by atoms with E-state index in [1.165, 1.54) is 14.2 Å². The summed E-state index contributed by atoms with van der Waals surface area (Å²) in [6, 6.07) is 7.08. The van der Waals surface area contributed by atoms with Crippen LogP contribution in [0.4, 0.5) is 10.7 Å². The van der Waals surface area contributed by atoms with Crippen LogP contribution in [-0.4, -0.2) is 44.6 Å². The van der Waals surface area contributed by atoms with Gasteiger partial charge in [0.25, 0.3) is 0 Å². The number of hydrogen-bond donors (Lipinski definition) is 1. The third-order valence-electron chi connectivity index (χ3n) is 4.84. The Kier molecular flexibility index (Phi) is 6.91. The number of rotatable bonds is 7. The normalized spacial score (nSPS) is 13.2. The van der Waals surface area contributed by atoms with Crippen LogP contribution in [0.15, 0.2) is 24.3 Å². The molecule has 0 radical (unpaired) electrons. The molecule has 0 spiro atoms. The fourth-order valence-electron chi connectivity index (χ4n) is 3.29. The highest BCUT2D eigenvalue weighted by Crippen LogP contribution is 2.33. The van der Waals surface area contributed by atoms with E-state index in [1.54, 1.807) is 29.2 Å². The number of nitrogens with zero attached hydrogens (tertiary/aromatic N) is 1. The number of carbonyl (C=O) groups excluding carboxylic acids is 4. The first-order valence-electron chi connectivity index (χ1n) is 9.48. The average Bonchev–Trinajstić information content (AvgIpc) is 3.34. The Hall–Kier alpha value is -3.40. The SMILES string of the molecule is COC(=O)c1sc(N)c(C(=O)OC)c1COC(=O)Cc1ccc(N2CCCC2=O)cc1. The third kappa shape index (κ3) is 4.85. The molecule has 0 aliphatic carbocycles. The maximum absolute atomic E-state index is 12.3. The highest BCUT2D eigenvalue weighted by molar-refractivity contribution is 7.18. The molecule has 164 valence electrons. The van der Waals surface area contributed by atoms with Gasteiger partial charge >= 0.3 is 17.9 Å². The highest BCUT2D eigenvalue weighted by Gasteiger charge is 2.28. The third-order valence-corrected chi connectivity index (χ3v) is 5.88.